The molecule has 0 fully saturated rings. The first-order valence-electron chi connectivity index (χ1n) is 8.15. The van der Waals surface area contributed by atoms with Gasteiger partial charge in [0.05, 0.1) is 18.9 Å². The quantitative estimate of drug-likeness (QED) is 0.655. The largest absolute Gasteiger partial charge is 0.490 e. The highest BCUT2D eigenvalue weighted by Crippen LogP contribution is 2.28. The van der Waals surface area contributed by atoms with Gasteiger partial charge >= 0.3 is 0 Å². The van der Waals surface area contributed by atoms with E-state index in [4.69, 9.17) is 9.47 Å². The first-order chi connectivity index (χ1) is 11.1. The molecule has 0 aromatic heterocycles. The van der Waals surface area contributed by atoms with Gasteiger partial charge in [-0.05, 0) is 68.1 Å². The predicted molar refractivity (Wildman–Crippen MR) is 96.6 cm³/mol. The number of benzene rings is 2. The standard InChI is InChI=1S/C20H25NO2/c1-5-11-23-19-10-9-17(13-20(19)22-6-2)14-21-18-12-15(3)7-8-16(18)4/h7-10,12-14H,5-6,11H2,1-4H3. The molecular formula is C20H25NO2. The minimum absolute atomic E-state index is 0.611. The van der Waals surface area contributed by atoms with E-state index in [0.29, 0.717) is 13.2 Å². The van der Waals surface area contributed by atoms with Gasteiger partial charge in [-0.1, -0.05) is 19.1 Å². The van der Waals surface area contributed by atoms with Crippen molar-refractivity contribution in [2.24, 2.45) is 4.99 Å². The third-order valence-electron chi connectivity index (χ3n) is 3.45. The van der Waals surface area contributed by atoms with Crippen molar-refractivity contribution in [2.75, 3.05) is 13.2 Å². The van der Waals surface area contributed by atoms with Gasteiger partial charge in [0.25, 0.3) is 0 Å². The molecule has 0 atom stereocenters. The highest BCUT2D eigenvalue weighted by atomic mass is 16.5. The number of aryl methyl sites for hydroxylation is 2. The van der Waals surface area contributed by atoms with Crippen molar-refractivity contribution in [3.63, 3.8) is 0 Å². The van der Waals surface area contributed by atoms with E-state index in [9.17, 15) is 0 Å². The van der Waals surface area contributed by atoms with Gasteiger partial charge in [0.15, 0.2) is 11.5 Å². The van der Waals surface area contributed by atoms with Gasteiger partial charge in [-0.3, -0.25) is 4.99 Å². The van der Waals surface area contributed by atoms with E-state index in [1.807, 2.05) is 31.3 Å². The molecule has 23 heavy (non-hydrogen) atoms. The van der Waals surface area contributed by atoms with Crippen molar-refractivity contribution in [1.29, 1.82) is 0 Å². The lowest BCUT2D eigenvalue weighted by molar-refractivity contribution is 0.277. The Balaban J connectivity index is 2.23. The van der Waals surface area contributed by atoms with Gasteiger partial charge < -0.3 is 9.47 Å². The van der Waals surface area contributed by atoms with Crippen LogP contribution in [0.1, 0.15) is 37.0 Å². The Morgan fingerprint density at radius 1 is 0.957 bits per heavy atom. The summed E-state index contributed by atoms with van der Waals surface area (Å²) in [5.41, 5.74) is 4.37. The molecule has 2 aromatic carbocycles. The highest BCUT2D eigenvalue weighted by Gasteiger charge is 2.05. The van der Waals surface area contributed by atoms with Crippen LogP contribution < -0.4 is 9.47 Å². The number of hydrogen-bond donors (Lipinski definition) is 0. The molecule has 0 N–H and O–H groups in total. The third-order valence-corrected chi connectivity index (χ3v) is 3.45. The zero-order chi connectivity index (χ0) is 16.7. The minimum atomic E-state index is 0.611. The average molecular weight is 311 g/mol. The molecule has 0 aliphatic carbocycles. The second-order valence-corrected chi connectivity index (χ2v) is 5.54. The van der Waals surface area contributed by atoms with Crippen molar-refractivity contribution in [3.8, 4) is 11.5 Å². The van der Waals surface area contributed by atoms with Crippen LogP contribution in [0.25, 0.3) is 0 Å². The number of nitrogens with zero attached hydrogens (tertiary/aromatic N) is 1. The van der Waals surface area contributed by atoms with Crippen LogP contribution in [0.3, 0.4) is 0 Å². The van der Waals surface area contributed by atoms with Crippen LogP contribution in [0.4, 0.5) is 5.69 Å². The zero-order valence-corrected chi connectivity index (χ0v) is 14.4. The van der Waals surface area contributed by atoms with E-state index in [-0.39, 0.29) is 0 Å². The van der Waals surface area contributed by atoms with E-state index < -0.39 is 0 Å². The molecular weight excluding hydrogens is 286 g/mol. The van der Waals surface area contributed by atoms with Gasteiger partial charge in [0.1, 0.15) is 0 Å². The summed E-state index contributed by atoms with van der Waals surface area (Å²) in [6.45, 7) is 9.51. The van der Waals surface area contributed by atoms with Crippen LogP contribution >= 0.6 is 0 Å². The van der Waals surface area contributed by atoms with Crippen LogP contribution in [0.2, 0.25) is 0 Å². The lowest BCUT2D eigenvalue weighted by Gasteiger charge is -2.12. The van der Waals surface area contributed by atoms with Gasteiger partial charge in [0.2, 0.25) is 0 Å². The van der Waals surface area contributed by atoms with Crippen LogP contribution in [-0.4, -0.2) is 19.4 Å². The van der Waals surface area contributed by atoms with E-state index >= 15 is 0 Å². The van der Waals surface area contributed by atoms with E-state index in [1.165, 1.54) is 11.1 Å². The van der Waals surface area contributed by atoms with Crippen molar-refractivity contribution < 1.29 is 9.47 Å². The molecule has 0 aliphatic heterocycles. The monoisotopic (exact) mass is 311 g/mol. The molecule has 2 rings (SSSR count). The summed E-state index contributed by atoms with van der Waals surface area (Å²) in [7, 11) is 0. The van der Waals surface area contributed by atoms with Gasteiger partial charge in [0, 0.05) is 6.21 Å². The summed E-state index contributed by atoms with van der Waals surface area (Å²) in [6.07, 6.45) is 2.84. The number of rotatable bonds is 7. The number of aliphatic imine (C=N–C) groups is 1. The van der Waals surface area contributed by atoms with Gasteiger partial charge in [-0.2, -0.15) is 0 Å². The van der Waals surface area contributed by atoms with Crippen molar-refractivity contribution in [2.45, 2.75) is 34.1 Å². The Labute approximate surface area is 139 Å². The average Bonchev–Trinajstić information content (AvgIpc) is 2.55. The van der Waals surface area contributed by atoms with Crippen LogP contribution in [-0.2, 0) is 0 Å². The Morgan fingerprint density at radius 3 is 2.52 bits per heavy atom. The zero-order valence-electron chi connectivity index (χ0n) is 14.4. The molecule has 3 nitrogen and oxygen atoms in total. The lowest BCUT2D eigenvalue weighted by Crippen LogP contribution is -2.00. The number of hydrogen-bond acceptors (Lipinski definition) is 3. The first-order valence-corrected chi connectivity index (χ1v) is 8.15. The molecule has 0 bridgehead atoms. The Kier molecular flexibility index (Phi) is 6.21. The summed E-state index contributed by atoms with van der Waals surface area (Å²) >= 11 is 0. The number of ether oxygens (including phenoxy) is 2. The maximum Gasteiger partial charge on any atom is 0.161 e. The van der Waals surface area contributed by atoms with E-state index in [0.717, 1.165) is 29.2 Å². The summed E-state index contributed by atoms with van der Waals surface area (Å²) in [6, 6.07) is 12.2. The minimum Gasteiger partial charge on any atom is -0.490 e. The summed E-state index contributed by atoms with van der Waals surface area (Å²) in [4.78, 5) is 4.61. The van der Waals surface area contributed by atoms with Crippen LogP contribution in [0.15, 0.2) is 41.4 Å². The van der Waals surface area contributed by atoms with Crippen LogP contribution in [0, 0.1) is 13.8 Å². The second-order valence-electron chi connectivity index (χ2n) is 5.54. The maximum absolute atomic E-state index is 5.72. The predicted octanol–water partition coefficient (Wildman–Crippen LogP) is 5.24. The third kappa shape index (κ3) is 4.85. The molecule has 2 aromatic rings. The Morgan fingerprint density at radius 2 is 1.78 bits per heavy atom. The molecule has 0 aliphatic rings. The van der Waals surface area contributed by atoms with Gasteiger partial charge in [-0.25, -0.2) is 0 Å². The fourth-order valence-corrected chi connectivity index (χ4v) is 2.21. The normalized spacial score (nSPS) is 11.0. The molecule has 0 radical (unpaired) electrons. The SMILES string of the molecule is CCCOc1ccc(C=Nc2cc(C)ccc2C)cc1OCC. The lowest BCUT2D eigenvalue weighted by atomic mass is 10.1. The molecule has 0 saturated heterocycles. The molecule has 0 saturated carbocycles. The van der Waals surface area contributed by atoms with E-state index in [2.05, 4.69) is 44.0 Å². The second kappa shape index (κ2) is 8.37. The van der Waals surface area contributed by atoms with Crippen molar-refractivity contribution >= 4 is 11.9 Å². The molecule has 0 amide bonds. The highest BCUT2D eigenvalue weighted by molar-refractivity contribution is 5.83. The van der Waals surface area contributed by atoms with Crippen molar-refractivity contribution in [1.82, 2.24) is 0 Å². The molecule has 122 valence electrons. The van der Waals surface area contributed by atoms with Gasteiger partial charge in [-0.15, -0.1) is 0 Å². The fraction of sp³-hybridized carbons (Fsp3) is 0.350. The molecule has 3 heteroatoms. The fourth-order valence-electron chi connectivity index (χ4n) is 2.21. The van der Waals surface area contributed by atoms with E-state index in [1.54, 1.807) is 0 Å². The Hall–Kier alpha value is -2.29. The smallest absolute Gasteiger partial charge is 0.161 e. The molecule has 0 spiro atoms. The topological polar surface area (TPSA) is 30.8 Å². The maximum atomic E-state index is 5.72. The molecule has 0 unspecified atom stereocenters. The summed E-state index contributed by atoms with van der Waals surface area (Å²) < 4.78 is 11.4. The Bertz CT molecular complexity index is 677. The van der Waals surface area contributed by atoms with Crippen molar-refractivity contribution in [3.05, 3.63) is 53.1 Å². The summed E-state index contributed by atoms with van der Waals surface area (Å²) in [5, 5.41) is 0. The molecule has 0 heterocycles. The van der Waals surface area contributed by atoms with Crippen LogP contribution in [0.5, 0.6) is 11.5 Å². The summed E-state index contributed by atoms with van der Waals surface area (Å²) in [5.74, 6) is 1.56. The first kappa shape index (κ1) is 17.1.